The quantitative estimate of drug-likeness (QED) is 0.279. The van der Waals surface area contributed by atoms with Crippen LogP contribution in [0.15, 0.2) is 83.8 Å². The van der Waals surface area contributed by atoms with Gasteiger partial charge in [-0.25, -0.2) is 4.79 Å². The van der Waals surface area contributed by atoms with Gasteiger partial charge in [0.1, 0.15) is 12.4 Å². The fourth-order valence-electron chi connectivity index (χ4n) is 3.49. The zero-order valence-corrected chi connectivity index (χ0v) is 23.2. The van der Waals surface area contributed by atoms with E-state index in [1.807, 2.05) is 73.7 Å². The third-order valence-corrected chi connectivity index (χ3v) is 7.89. The Bertz CT molecular complexity index is 1130. The lowest BCUT2D eigenvalue weighted by Gasteiger charge is -2.28. The van der Waals surface area contributed by atoms with Crippen LogP contribution >= 0.6 is 15.9 Å². The summed E-state index contributed by atoms with van der Waals surface area (Å²) in [5.41, 5.74) is 2.85. The Morgan fingerprint density at radius 1 is 0.973 bits per heavy atom. The molecule has 3 aromatic rings. The maximum Gasteiger partial charge on any atom is 0.407 e. The van der Waals surface area contributed by atoms with Gasteiger partial charge in [-0.15, -0.1) is 0 Å². The minimum atomic E-state index is -1.46. The number of alkyl carbamates (subject to hydrolysis) is 1. The number of amides is 1. The van der Waals surface area contributed by atoms with Gasteiger partial charge in [0.2, 0.25) is 0 Å². The van der Waals surface area contributed by atoms with E-state index >= 15 is 0 Å². The Morgan fingerprint density at radius 3 is 2.27 bits per heavy atom. The molecule has 37 heavy (non-hydrogen) atoms. The van der Waals surface area contributed by atoms with Crippen LogP contribution < -0.4 is 10.1 Å². The lowest BCUT2D eigenvalue weighted by atomic mass is 10.1. The molecule has 198 valence electrons. The number of benzene rings is 3. The molecule has 0 saturated heterocycles. The van der Waals surface area contributed by atoms with Gasteiger partial charge in [0.05, 0.1) is 53.8 Å². The van der Waals surface area contributed by atoms with Crippen molar-refractivity contribution in [2.75, 3.05) is 19.5 Å². The molecule has 0 bridgehead atoms. The molecule has 0 aliphatic carbocycles. The number of methoxy groups -OCH3 is 1. The SMILES string of the molecule is COc1ccc(COC[C@@H](Br)[C@H](NC(=O)OCc2ccccc2)[C@H](O)C[S@](=O)c2ccc(C)cc2)cc1. The van der Waals surface area contributed by atoms with Gasteiger partial charge in [-0.05, 0) is 42.3 Å². The van der Waals surface area contributed by atoms with Crippen molar-refractivity contribution in [3.05, 3.63) is 95.6 Å². The second-order valence-corrected chi connectivity index (χ2v) is 11.2. The van der Waals surface area contributed by atoms with Gasteiger partial charge < -0.3 is 24.6 Å². The third kappa shape index (κ3) is 9.59. The first-order valence-electron chi connectivity index (χ1n) is 11.8. The molecule has 3 aromatic carbocycles. The number of rotatable bonds is 13. The van der Waals surface area contributed by atoms with Crippen LogP contribution in [-0.4, -0.2) is 51.9 Å². The summed E-state index contributed by atoms with van der Waals surface area (Å²) in [5, 5.41) is 13.7. The molecule has 7 nitrogen and oxygen atoms in total. The van der Waals surface area contributed by atoms with E-state index in [1.165, 1.54) is 0 Å². The molecule has 0 unspecified atom stereocenters. The highest BCUT2D eigenvalue weighted by atomic mass is 79.9. The van der Waals surface area contributed by atoms with Crippen molar-refractivity contribution in [3.8, 4) is 5.75 Å². The van der Waals surface area contributed by atoms with Crippen LogP contribution in [0, 0.1) is 6.92 Å². The molecule has 3 rings (SSSR count). The van der Waals surface area contributed by atoms with Crippen LogP contribution in [-0.2, 0) is 33.5 Å². The van der Waals surface area contributed by atoms with Gasteiger partial charge in [-0.1, -0.05) is 76.1 Å². The van der Waals surface area contributed by atoms with Crippen molar-refractivity contribution in [2.24, 2.45) is 0 Å². The minimum Gasteiger partial charge on any atom is -0.497 e. The zero-order chi connectivity index (χ0) is 26.6. The number of hydrogen-bond donors (Lipinski definition) is 2. The molecule has 1 amide bonds. The predicted octanol–water partition coefficient (Wildman–Crippen LogP) is 4.75. The van der Waals surface area contributed by atoms with E-state index < -0.39 is 33.9 Å². The minimum absolute atomic E-state index is 0.0622. The summed E-state index contributed by atoms with van der Waals surface area (Å²) < 4.78 is 29.2. The predicted molar refractivity (Wildman–Crippen MR) is 147 cm³/mol. The molecule has 4 atom stereocenters. The average molecular weight is 591 g/mol. The number of aryl methyl sites for hydroxylation is 1. The van der Waals surface area contributed by atoms with Crippen LogP contribution in [0.25, 0.3) is 0 Å². The Hall–Kier alpha value is -2.72. The number of carbonyl (C=O) groups is 1. The van der Waals surface area contributed by atoms with Crippen LogP contribution in [0.2, 0.25) is 0 Å². The van der Waals surface area contributed by atoms with Gasteiger partial charge in [-0.2, -0.15) is 0 Å². The monoisotopic (exact) mass is 589 g/mol. The number of alkyl halides is 1. The number of halogens is 1. The molecule has 0 radical (unpaired) electrons. The Balaban J connectivity index is 1.62. The normalized spacial score (nSPS) is 14.3. The van der Waals surface area contributed by atoms with Gasteiger partial charge in [0.15, 0.2) is 0 Å². The summed E-state index contributed by atoms with van der Waals surface area (Å²) >= 11 is 3.55. The Labute approximate surface area is 228 Å². The Morgan fingerprint density at radius 2 is 1.62 bits per heavy atom. The van der Waals surface area contributed by atoms with Crippen molar-refractivity contribution in [1.82, 2.24) is 5.32 Å². The largest absolute Gasteiger partial charge is 0.497 e. The van der Waals surface area contributed by atoms with Gasteiger partial charge in [0, 0.05) is 4.90 Å². The summed E-state index contributed by atoms with van der Waals surface area (Å²) in [4.78, 5) is 12.7. The summed E-state index contributed by atoms with van der Waals surface area (Å²) in [5.74, 6) is 0.692. The second kappa shape index (κ2) is 14.9. The molecule has 0 aromatic heterocycles. The van der Waals surface area contributed by atoms with Crippen molar-refractivity contribution in [1.29, 1.82) is 0 Å². The van der Waals surface area contributed by atoms with Gasteiger partial charge in [-0.3, -0.25) is 4.21 Å². The molecule has 0 aliphatic heterocycles. The Kier molecular flexibility index (Phi) is 11.6. The molecule has 0 fully saturated rings. The highest BCUT2D eigenvalue weighted by molar-refractivity contribution is 9.09. The van der Waals surface area contributed by atoms with Crippen molar-refractivity contribution in [2.45, 2.75) is 42.0 Å². The van der Waals surface area contributed by atoms with E-state index in [0.717, 1.165) is 22.4 Å². The van der Waals surface area contributed by atoms with E-state index in [4.69, 9.17) is 14.2 Å². The topological polar surface area (TPSA) is 94.1 Å². The summed E-state index contributed by atoms with van der Waals surface area (Å²) in [7, 11) is 0.146. The molecule has 9 heteroatoms. The van der Waals surface area contributed by atoms with Crippen molar-refractivity contribution >= 4 is 32.8 Å². The van der Waals surface area contributed by atoms with E-state index in [0.29, 0.717) is 11.5 Å². The number of aliphatic hydroxyl groups excluding tert-OH is 1. The smallest absolute Gasteiger partial charge is 0.407 e. The number of ether oxygens (including phenoxy) is 3. The van der Waals surface area contributed by atoms with E-state index in [-0.39, 0.29) is 19.0 Å². The van der Waals surface area contributed by atoms with Crippen LogP contribution in [0.3, 0.4) is 0 Å². The van der Waals surface area contributed by atoms with Crippen LogP contribution in [0.1, 0.15) is 16.7 Å². The van der Waals surface area contributed by atoms with Gasteiger partial charge in [0.25, 0.3) is 0 Å². The lowest BCUT2D eigenvalue weighted by Crippen LogP contribution is -2.52. The molecule has 2 N–H and O–H groups in total. The summed E-state index contributed by atoms with van der Waals surface area (Å²) in [6, 6.07) is 23.3. The first kappa shape index (κ1) is 28.8. The summed E-state index contributed by atoms with van der Waals surface area (Å²) in [6.45, 7) is 2.56. The molecule has 0 saturated carbocycles. The lowest BCUT2D eigenvalue weighted by molar-refractivity contribution is 0.0810. The van der Waals surface area contributed by atoms with Crippen molar-refractivity contribution in [3.63, 3.8) is 0 Å². The van der Waals surface area contributed by atoms with Crippen LogP contribution in [0.5, 0.6) is 5.75 Å². The fraction of sp³-hybridized carbons (Fsp3) is 0.321. The fourth-order valence-corrected chi connectivity index (χ4v) is 5.31. The summed E-state index contributed by atoms with van der Waals surface area (Å²) in [6.07, 6.45) is -1.81. The molecule has 0 spiro atoms. The number of hydrogen-bond acceptors (Lipinski definition) is 6. The highest BCUT2D eigenvalue weighted by Gasteiger charge is 2.31. The first-order chi connectivity index (χ1) is 17.9. The third-order valence-electron chi connectivity index (χ3n) is 5.61. The first-order valence-corrected chi connectivity index (χ1v) is 14.0. The van der Waals surface area contributed by atoms with Crippen LogP contribution in [0.4, 0.5) is 4.79 Å². The standard InChI is InChI=1S/C28H32BrNO6S/c1-20-8-14-24(15-9-20)37(33)19-26(31)27(30-28(32)36-17-21-6-4-3-5-7-21)25(29)18-35-16-22-10-12-23(34-2)13-11-22/h3-15,25-27,31H,16-19H2,1-2H3,(H,30,32)/t25-,26-,27+,37+/m1/s1. The number of carbonyl (C=O) groups excluding carboxylic acids is 1. The van der Waals surface area contributed by atoms with E-state index in [2.05, 4.69) is 21.2 Å². The molecule has 0 aliphatic rings. The second-order valence-electron chi connectivity index (χ2n) is 8.50. The van der Waals surface area contributed by atoms with E-state index in [9.17, 15) is 14.1 Å². The van der Waals surface area contributed by atoms with Crippen molar-refractivity contribution < 1.29 is 28.3 Å². The molecular formula is C28H32BrNO6S. The molecular weight excluding hydrogens is 558 g/mol. The van der Waals surface area contributed by atoms with Gasteiger partial charge >= 0.3 is 6.09 Å². The number of aliphatic hydroxyl groups is 1. The zero-order valence-electron chi connectivity index (χ0n) is 20.8. The molecule has 0 heterocycles. The average Bonchev–Trinajstić information content (AvgIpc) is 2.91. The van der Waals surface area contributed by atoms with E-state index in [1.54, 1.807) is 19.2 Å². The maximum atomic E-state index is 12.9. The maximum absolute atomic E-state index is 12.9. The highest BCUT2D eigenvalue weighted by Crippen LogP contribution is 2.17. The number of nitrogens with one attached hydrogen (secondary N) is 1.